The predicted molar refractivity (Wildman–Crippen MR) is 98.3 cm³/mol. The van der Waals surface area contributed by atoms with Gasteiger partial charge < -0.3 is 9.80 Å². The van der Waals surface area contributed by atoms with Crippen molar-refractivity contribution in [3.8, 4) is 0 Å². The van der Waals surface area contributed by atoms with E-state index in [4.69, 9.17) is 0 Å². The van der Waals surface area contributed by atoms with E-state index in [1.54, 1.807) is 4.52 Å². The first-order chi connectivity index (χ1) is 13.2. The van der Waals surface area contributed by atoms with Crippen LogP contribution in [0.2, 0.25) is 0 Å². The van der Waals surface area contributed by atoms with Gasteiger partial charge in [0.25, 0.3) is 5.78 Å². The Hall–Kier alpha value is -2.97. The lowest BCUT2D eigenvalue weighted by Crippen LogP contribution is -2.40. The van der Waals surface area contributed by atoms with Crippen LogP contribution in [0.5, 0.6) is 0 Å². The highest BCUT2D eigenvalue weighted by molar-refractivity contribution is 5.78. The van der Waals surface area contributed by atoms with Crippen LogP contribution in [-0.4, -0.2) is 59.8 Å². The topological polar surface area (TPSA) is 84.5 Å². The predicted octanol–water partition coefficient (Wildman–Crippen LogP) is 1.20. The maximum atomic E-state index is 12.0. The van der Waals surface area contributed by atoms with E-state index in [-0.39, 0.29) is 11.9 Å². The van der Waals surface area contributed by atoms with Gasteiger partial charge in [0, 0.05) is 44.0 Å². The lowest BCUT2D eigenvalue weighted by molar-refractivity contribution is -0.127. The molecule has 0 aromatic carbocycles. The van der Waals surface area contributed by atoms with Crippen molar-refractivity contribution in [3.63, 3.8) is 0 Å². The summed E-state index contributed by atoms with van der Waals surface area (Å²) in [6.45, 7) is 5.21. The summed E-state index contributed by atoms with van der Waals surface area (Å²) in [6.07, 6.45) is 5.95. The third-order valence-electron chi connectivity index (χ3n) is 5.47. The minimum absolute atomic E-state index is 0.212. The van der Waals surface area contributed by atoms with Crippen molar-refractivity contribution < 1.29 is 4.79 Å². The molecule has 2 aliphatic rings. The molecule has 0 aliphatic carbocycles. The second-order valence-corrected chi connectivity index (χ2v) is 7.30. The number of aromatic nitrogens is 6. The molecule has 1 amide bonds. The summed E-state index contributed by atoms with van der Waals surface area (Å²) in [5.41, 5.74) is 2.09. The Bertz CT molecular complexity index is 992. The Morgan fingerprint density at radius 2 is 2.22 bits per heavy atom. The van der Waals surface area contributed by atoms with E-state index in [2.05, 4.69) is 41.9 Å². The smallest absolute Gasteiger partial charge is 0.254 e. The largest absolute Gasteiger partial charge is 0.348 e. The summed E-state index contributed by atoms with van der Waals surface area (Å²) in [6, 6.07) is 4.32. The Morgan fingerprint density at radius 3 is 3.07 bits per heavy atom. The van der Waals surface area contributed by atoms with Crippen molar-refractivity contribution in [2.75, 3.05) is 24.5 Å². The SMILES string of the molecule is Cc1cc(N2Cc3ccnn3C(CCN3CCCC3=O)C2)n2ncnc2n1. The molecule has 1 saturated heterocycles. The van der Waals surface area contributed by atoms with Crippen LogP contribution in [-0.2, 0) is 11.3 Å². The molecule has 3 aromatic rings. The number of aryl methyl sites for hydroxylation is 1. The Balaban J connectivity index is 1.43. The third-order valence-corrected chi connectivity index (χ3v) is 5.47. The highest BCUT2D eigenvalue weighted by Gasteiger charge is 2.29. The number of nitrogens with zero attached hydrogens (tertiary/aromatic N) is 8. The molecule has 0 bridgehead atoms. The highest BCUT2D eigenvalue weighted by atomic mass is 16.2. The molecule has 3 aromatic heterocycles. The zero-order valence-electron chi connectivity index (χ0n) is 15.3. The number of anilines is 1. The molecule has 2 aliphatic heterocycles. The van der Waals surface area contributed by atoms with E-state index in [9.17, 15) is 4.79 Å². The van der Waals surface area contributed by atoms with Crippen molar-refractivity contribution in [2.45, 2.75) is 38.8 Å². The Kier molecular flexibility index (Phi) is 3.80. The molecular formula is C18H22N8O. The molecule has 5 heterocycles. The summed E-state index contributed by atoms with van der Waals surface area (Å²) in [7, 11) is 0. The summed E-state index contributed by atoms with van der Waals surface area (Å²) in [4.78, 5) is 24.9. The fraction of sp³-hybridized carbons (Fsp3) is 0.500. The fourth-order valence-electron chi connectivity index (χ4n) is 4.16. The average molecular weight is 366 g/mol. The van der Waals surface area contributed by atoms with Crippen LogP contribution in [0.1, 0.15) is 36.7 Å². The van der Waals surface area contributed by atoms with Gasteiger partial charge in [-0.1, -0.05) is 0 Å². The van der Waals surface area contributed by atoms with Crippen LogP contribution < -0.4 is 4.90 Å². The van der Waals surface area contributed by atoms with Crippen LogP contribution in [0, 0.1) is 6.92 Å². The van der Waals surface area contributed by atoms with E-state index < -0.39 is 0 Å². The van der Waals surface area contributed by atoms with Gasteiger partial charge in [-0.25, -0.2) is 4.98 Å². The molecule has 5 rings (SSSR count). The van der Waals surface area contributed by atoms with Crippen molar-refractivity contribution in [2.24, 2.45) is 0 Å². The van der Waals surface area contributed by atoms with Crippen LogP contribution in [0.3, 0.4) is 0 Å². The van der Waals surface area contributed by atoms with Gasteiger partial charge in [0.05, 0.1) is 18.3 Å². The van der Waals surface area contributed by atoms with E-state index in [1.165, 1.54) is 12.0 Å². The summed E-state index contributed by atoms with van der Waals surface area (Å²) < 4.78 is 3.91. The molecule has 0 saturated carbocycles. The van der Waals surface area contributed by atoms with Gasteiger partial charge in [0.2, 0.25) is 5.91 Å². The van der Waals surface area contributed by atoms with Crippen LogP contribution in [0.4, 0.5) is 5.82 Å². The zero-order chi connectivity index (χ0) is 18.4. The fourth-order valence-corrected chi connectivity index (χ4v) is 4.16. The number of hydrogen-bond acceptors (Lipinski definition) is 6. The van der Waals surface area contributed by atoms with Gasteiger partial charge in [-0.3, -0.25) is 9.48 Å². The van der Waals surface area contributed by atoms with Gasteiger partial charge in [-0.15, -0.1) is 0 Å². The minimum atomic E-state index is 0.212. The van der Waals surface area contributed by atoms with Crippen LogP contribution >= 0.6 is 0 Å². The van der Waals surface area contributed by atoms with E-state index in [0.717, 1.165) is 50.5 Å². The second kappa shape index (κ2) is 6.33. The number of rotatable bonds is 4. The van der Waals surface area contributed by atoms with Gasteiger partial charge in [-0.05, 0) is 25.8 Å². The first-order valence-corrected chi connectivity index (χ1v) is 9.41. The quantitative estimate of drug-likeness (QED) is 0.690. The maximum Gasteiger partial charge on any atom is 0.254 e. The van der Waals surface area contributed by atoms with Crippen LogP contribution in [0.15, 0.2) is 24.7 Å². The van der Waals surface area contributed by atoms with Crippen molar-refractivity contribution >= 4 is 17.5 Å². The number of carbonyl (C=O) groups excluding carboxylic acids is 1. The lowest BCUT2D eigenvalue weighted by atomic mass is 10.1. The standard InChI is InChI=1S/C18H22N8O/c1-13-9-16(26-18(22-13)19-12-21-26)24-10-14-4-6-20-25(14)15(11-24)5-8-23-7-2-3-17(23)27/h4,6,9,12,15H,2-3,5,7-8,10-11H2,1H3. The molecule has 1 unspecified atom stereocenters. The molecule has 27 heavy (non-hydrogen) atoms. The molecular weight excluding hydrogens is 344 g/mol. The number of amides is 1. The molecule has 1 fully saturated rings. The normalized spacial score (nSPS) is 19.9. The van der Waals surface area contributed by atoms with E-state index >= 15 is 0 Å². The molecule has 140 valence electrons. The molecule has 1 atom stereocenters. The molecule has 0 spiro atoms. The minimum Gasteiger partial charge on any atom is -0.348 e. The van der Waals surface area contributed by atoms with Crippen molar-refractivity contribution in [1.82, 2.24) is 34.3 Å². The number of carbonyl (C=O) groups is 1. The highest BCUT2D eigenvalue weighted by Crippen LogP contribution is 2.28. The first kappa shape index (κ1) is 16.2. The Labute approximate surface area is 156 Å². The van der Waals surface area contributed by atoms with Gasteiger partial charge in [0.15, 0.2) is 0 Å². The van der Waals surface area contributed by atoms with E-state index in [1.807, 2.05) is 18.0 Å². The molecule has 9 nitrogen and oxygen atoms in total. The van der Waals surface area contributed by atoms with Gasteiger partial charge in [0.1, 0.15) is 12.1 Å². The first-order valence-electron chi connectivity index (χ1n) is 9.41. The van der Waals surface area contributed by atoms with Crippen molar-refractivity contribution in [3.05, 3.63) is 36.0 Å². The van der Waals surface area contributed by atoms with Crippen LogP contribution in [0.25, 0.3) is 5.78 Å². The van der Waals surface area contributed by atoms with Gasteiger partial charge >= 0.3 is 0 Å². The summed E-state index contributed by atoms with van der Waals surface area (Å²) >= 11 is 0. The zero-order valence-corrected chi connectivity index (χ0v) is 15.3. The molecule has 9 heteroatoms. The number of hydrogen-bond donors (Lipinski definition) is 0. The molecule has 0 radical (unpaired) electrons. The third kappa shape index (κ3) is 2.83. The van der Waals surface area contributed by atoms with Gasteiger partial charge in [-0.2, -0.15) is 19.7 Å². The second-order valence-electron chi connectivity index (χ2n) is 7.30. The number of fused-ring (bicyclic) bond motifs is 2. The molecule has 0 N–H and O–H groups in total. The maximum absolute atomic E-state index is 12.0. The van der Waals surface area contributed by atoms with E-state index in [0.29, 0.717) is 12.2 Å². The van der Waals surface area contributed by atoms with Crippen molar-refractivity contribution in [1.29, 1.82) is 0 Å². The Morgan fingerprint density at radius 1 is 1.30 bits per heavy atom. The summed E-state index contributed by atoms with van der Waals surface area (Å²) in [5, 5.41) is 8.89. The average Bonchev–Trinajstić information content (AvgIpc) is 3.39. The number of likely N-dealkylation sites (tertiary alicyclic amines) is 1. The monoisotopic (exact) mass is 366 g/mol. The lowest BCUT2D eigenvalue weighted by Gasteiger charge is -2.36. The summed E-state index contributed by atoms with van der Waals surface area (Å²) in [5.74, 6) is 1.88.